The predicted molar refractivity (Wildman–Crippen MR) is 62.8 cm³/mol. The van der Waals surface area contributed by atoms with Gasteiger partial charge < -0.3 is 18.4 Å². The van der Waals surface area contributed by atoms with Gasteiger partial charge in [0.2, 0.25) is 0 Å². The van der Waals surface area contributed by atoms with Crippen molar-refractivity contribution in [2.24, 2.45) is 0 Å². The molecule has 88 valence electrons. The molecule has 0 aromatic rings. The van der Waals surface area contributed by atoms with Crippen molar-refractivity contribution in [3.8, 4) is 0 Å². The highest BCUT2D eigenvalue weighted by atomic mass is 32.1. The van der Waals surface area contributed by atoms with E-state index in [1.807, 2.05) is 6.92 Å². The molecule has 4 nitrogen and oxygen atoms in total. The van der Waals surface area contributed by atoms with Crippen molar-refractivity contribution in [2.75, 3.05) is 27.9 Å². The molecule has 0 fully saturated rings. The Labute approximate surface area is 93.3 Å². The zero-order valence-corrected chi connectivity index (χ0v) is 11.5. The second kappa shape index (κ2) is 9.94. The van der Waals surface area contributed by atoms with Gasteiger partial charge in [0.15, 0.2) is 0 Å². The van der Waals surface area contributed by atoms with Gasteiger partial charge in [0, 0.05) is 39.2 Å². The summed E-state index contributed by atoms with van der Waals surface area (Å²) in [5, 5.41) is 7.81. The summed E-state index contributed by atoms with van der Waals surface area (Å²) >= 11 is 4.25. The lowest BCUT2D eigenvalue weighted by atomic mass is 10.6. The number of thiol groups is 1. The van der Waals surface area contributed by atoms with Gasteiger partial charge in [0.25, 0.3) is 0 Å². The molecule has 0 heterocycles. The molecule has 0 aliphatic heterocycles. The average Bonchev–Trinajstić information content (AvgIpc) is 2.15. The first-order valence-corrected chi connectivity index (χ1v) is 6.91. The third-order valence-electron chi connectivity index (χ3n) is 1.48. The van der Waals surface area contributed by atoms with E-state index in [2.05, 4.69) is 12.6 Å². The van der Waals surface area contributed by atoms with Gasteiger partial charge in [-0.25, -0.2) is 0 Å². The highest BCUT2D eigenvalue weighted by Gasteiger charge is 2.38. The molecule has 0 rings (SSSR count). The first-order chi connectivity index (χ1) is 6.51. The Morgan fingerprint density at radius 3 is 1.57 bits per heavy atom. The first kappa shape index (κ1) is 16.8. The van der Waals surface area contributed by atoms with E-state index in [0.29, 0.717) is 0 Å². The van der Waals surface area contributed by atoms with Gasteiger partial charge in [0.1, 0.15) is 0 Å². The summed E-state index contributed by atoms with van der Waals surface area (Å²) in [6, 6.07) is 0.736. The summed E-state index contributed by atoms with van der Waals surface area (Å²) in [4.78, 5) is 0. The van der Waals surface area contributed by atoms with Crippen molar-refractivity contribution >= 4 is 21.4 Å². The predicted octanol–water partition coefficient (Wildman–Crippen LogP) is 1.18. The number of aliphatic hydroxyl groups is 1. The molecule has 1 unspecified atom stereocenters. The molecule has 0 saturated carbocycles. The maximum atomic E-state index is 7.57. The van der Waals surface area contributed by atoms with E-state index in [1.165, 1.54) is 0 Å². The van der Waals surface area contributed by atoms with Crippen molar-refractivity contribution in [2.45, 2.75) is 25.1 Å². The SMILES string of the molecule is CCO.CO[Si](CC(C)S)(OC)OC. The molecule has 0 radical (unpaired) electrons. The van der Waals surface area contributed by atoms with Gasteiger partial charge in [-0.3, -0.25) is 0 Å². The Hall–Kier alpha value is 0.407. The van der Waals surface area contributed by atoms with Crippen molar-refractivity contribution in [3.63, 3.8) is 0 Å². The van der Waals surface area contributed by atoms with Gasteiger partial charge in [-0.05, 0) is 6.92 Å². The van der Waals surface area contributed by atoms with E-state index in [4.69, 9.17) is 18.4 Å². The molecule has 1 atom stereocenters. The maximum Gasteiger partial charge on any atom is 0.501 e. The molecular formula is C8H22O4SSi. The minimum Gasteiger partial charge on any atom is -0.397 e. The summed E-state index contributed by atoms with van der Waals surface area (Å²) in [7, 11) is 2.46. The molecule has 0 saturated heterocycles. The third-order valence-corrected chi connectivity index (χ3v) is 4.98. The molecule has 0 spiro atoms. The number of rotatable bonds is 5. The van der Waals surface area contributed by atoms with Gasteiger partial charge in [-0.1, -0.05) is 6.92 Å². The fourth-order valence-electron chi connectivity index (χ4n) is 0.862. The zero-order chi connectivity index (χ0) is 11.6. The lowest BCUT2D eigenvalue weighted by Crippen LogP contribution is -2.44. The van der Waals surface area contributed by atoms with Crippen molar-refractivity contribution in [1.29, 1.82) is 0 Å². The third kappa shape index (κ3) is 7.78. The van der Waals surface area contributed by atoms with Crippen LogP contribution >= 0.6 is 12.6 Å². The van der Waals surface area contributed by atoms with Gasteiger partial charge >= 0.3 is 8.80 Å². The molecule has 0 aromatic carbocycles. The summed E-state index contributed by atoms with van der Waals surface area (Å²) in [6.07, 6.45) is 0. The number of aliphatic hydroxyl groups excluding tert-OH is 1. The second-order valence-corrected chi connectivity index (χ2v) is 6.55. The van der Waals surface area contributed by atoms with Crippen LogP contribution in [-0.4, -0.2) is 47.1 Å². The van der Waals surface area contributed by atoms with E-state index >= 15 is 0 Å². The smallest absolute Gasteiger partial charge is 0.397 e. The molecule has 6 heteroatoms. The molecule has 0 aliphatic rings. The first-order valence-electron chi connectivity index (χ1n) is 4.46. The van der Waals surface area contributed by atoms with Crippen LogP contribution in [0.15, 0.2) is 0 Å². The van der Waals surface area contributed by atoms with E-state index < -0.39 is 8.80 Å². The minimum absolute atomic E-state index is 0.238. The van der Waals surface area contributed by atoms with Crippen LogP contribution in [-0.2, 0) is 13.3 Å². The van der Waals surface area contributed by atoms with Crippen LogP contribution in [0, 0.1) is 0 Å². The van der Waals surface area contributed by atoms with Crippen LogP contribution in [0.1, 0.15) is 13.8 Å². The Kier molecular flexibility index (Phi) is 11.9. The van der Waals surface area contributed by atoms with Crippen LogP contribution in [0.25, 0.3) is 0 Å². The summed E-state index contributed by atoms with van der Waals surface area (Å²) in [5.41, 5.74) is 0. The normalized spacial score (nSPS) is 13.1. The standard InChI is InChI=1S/C6H16O3SSi.C2H6O/c1-6(10)5-11(7-2,8-3)9-4;1-2-3/h6,10H,5H2,1-4H3;3H,2H2,1H3. The Balaban J connectivity index is 0. The largest absolute Gasteiger partial charge is 0.501 e. The van der Waals surface area contributed by atoms with Crippen LogP contribution in [0.5, 0.6) is 0 Å². The molecular weight excluding hydrogens is 220 g/mol. The van der Waals surface area contributed by atoms with Crippen LogP contribution in [0.4, 0.5) is 0 Å². The van der Waals surface area contributed by atoms with Gasteiger partial charge in [-0.15, -0.1) is 0 Å². The lowest BCUT2D eigenvalue weighted by molar-refractivity contribution is 0.124. The minimum atomic E-state index is -2.36. The highest BCUT2D eigenvalue weighted by Crippen LogP contribution is 2.17. The topological polar surface area (TPSA) is 47.9 Å². The van der Waals surface area contributed by atoms with Crippen LogP contribution < -0.4 is 0 Å². The number of hydrogen-bond donors (Lipinski definition) is 2. The summed E-state index contributed by atoms with van der Waals surface area (Å²) in [5.74, 6) is 0. The second-order valence-electron chi connectivity index (χ2n) is 2.66. The van der Waals surface area contributed by atoms with Crippen molar-refractivity contribution in [1.82, 2.24) is 0 Å². The van der Waals surface area contributed by atoms with Gasteiger partial charge in [-0.2, -0.15) is 12.6 Å². The van der Waals surface area contributed by atoms with E-state index in [1.54, 1.807) is 28.3 Å². The fourth-order valence-corrected chi connectivity index (χ4v) is 3.26. The molecule has 1 N–H and O–H groups in total. The Morgan fingerprint density at radius 1 is 1.21 bits per heavy atom. The van der Waals surface area contributed by atoms with Gasteiger partial charge in [0.05, 0.1) is 0 Å². The average molecular weight is 242 g/mol. The van der Waals surface area contributed by atoms with Crippen LogP contribution in [0.2, 0.25) is 6.04 Å². The highest BCUT2D eigenvalue weighted by molar-refractivity contribution is 7.81. The summed E-state index contributed by atoms with van der Waals surface area (Å²) < 4.78 is 15.6. The maximum absolute atomic E-state index is 7.57. The fraction of sp³-hybridized carbons (Fsp3) is 1.00. The lowest BCUT2D eigenvalue weighted by Gasteiger charge is -2.25. The zero-order valence-electron chi connectivity index (χ0n) is 9.61. The van der Waals surface area contributed by atoms with E-state index in [0.717, 1.165) is 6.04 Å². The van der Waals surface area contributed by atoms with Crippen LogP contribution in [0.3, 0.4) is 0 Å². The quantitative estimate of drug-likeness (QED) is 0.561. The molecule has 14 heavy (non-hydrogen) atoms. The van der Waals surface area contributed by atoms with Crippen molar-refractivity contribution in [3.05, 3.63) is 0 Å². The summed E-state index contributed by atoms with van der Waals surface area (Å²) in [6.45, 7) is 3.92. The Morgan fingerprint density at radius 2 is 1.50 bits per heavy atom. The molecule has 0 aliphatic carbocycles. The molecule has 0 amide bonds. The monoisotopic (exact) mass is 242 g/mol. The van der Waals surface area contributed by atoms with E-state index in [9.17, 15) is 0 Å². The molecule has 0 aromatic heterocycles. The van der Waals surface area contributed by atoms with Crippen molar-refractivity contribution < 1.29 is 18.4 Å². The van der Waals surface area contributed by atoms with E-state index in [-0.39, 0.29) is 11.9 Å². The number of hydrogen-bond acceptors (Lipinski definition) is 5. The molecule has 0 bridgehead atoms. The Bertz CT molecular complexity index is 112.